The van der Waals surface area contributed by atoms with Crippen molar-refractivity contribution in [3.05, 3.63) is 54.4 Å². The fourth-order valence-electron chi connectivity index (χ4n) is 2.71. The quantitative estimate of drug-likeness (QED) is 0.661. The summed E-state index contributed by atoms with van der Waals surface area (Å²) in [7, 11) is 0. The summed E-state index contributed by atoms with van der Waals surface area (Å²) >= 11 is 0. The van der Waals surface area contributed by atoms with Crippen LogP contribution in [0.3, 0.4) is 0 Å². The summed E-state index contributed by atoms with van der Waals surface area (Å²) in [6.07, 6.45) is 1.33. The van der Waals surface area contributed by atoms with Crippen molar-refractivity contribution in [2.24, 2.45) is 0 Å². The van der Waals surface area contributed by atoms with Crippen molar-refractivity contribution in [1.82, 2.24) is 9.78 Å². The second kappa shape index (κ2) is 7.90. The Labute approximate surface area is 157 Å². The smallest absolute Gasteiger partial charge is 0.361 e. The molecule has 2 N–H and O–H groups in total. The van der Waals surface area contributed by atoms with Crippen LogP contribution in [0.4, 0.5) is 16.2 Å². The Kier molecular flexibility index (Phi) is 5.40. The van der Waals surface area contributed by atoms with Gasteiger partial charge in [-0.05, 0) is 32.2 Å². The molecule has 0 fully saturated rings. The Morgan fingerprint density at radius 1 is 1.07 bits per heavy atom. The molecule has 0 saturated heterocycles. The number of nitrogens with zero attached hydrogens (tertiary/aromatic N) is 2. The fraction of sp³-hybridized carbons (Fsp3) is 0.250. The number of hydrogen-bond donors (Lipinski definition) is 2. The minimum atomic E-state index is -0.572. The van der Waals surface area contributed by atoms with Gasteiger partial charge in [0.15, 0.2) is 5.69 Å². The molecule has 140 valence electrons. The average Bonchev–Trinajstić information content (AvgIpc) is 3.04. The number of amides is 2. The Balaban J connectivity index is 1.81. The number of benzene rings is 2. The minimum absolute atomic E-state index is 0.0821. The highest BCUT2D eigenvalue weighted by atomic mass is 16.5. The van der Waals surface area contributed by atoms with Crippen LogP contribution in [-0.2, 0) is 11.3 Å². The predicted molar refractivity (Wildman–Crippen MR) is 105 cm³/mol. The number of aromatic nitrogens is 2. The van der Waals surface area contributed by atoms with E-state index >= 15 is 0 Å². The summed E-state index contributed by atoms with van der Waals surface area (Å²) < 4.78 is 6.78. The predicted octanol–water partition coefficient (Wildman–Crippen LogP) is 4.27. The maximum atomic E-state index is 12.5. The molecule has 0 atom stereocenters. The van der Waals surface area contributed by atoms with Crippen molar-refractivity contribution in [2.75, 3.05) is 10.6 Å². The van der Waals surface area contributed by atoms with Crippen LogP contribution in [0.2, 0.25) is 0 Å². The first-order chi connectivity index (χ1) is 13.0. The lowest BCUT2D eigenvalue weighted by Crippen LogP contribution is -2.21. The van der Waals surface area contributed by atoms with Gasteiger partial charge in [-0.3, -0.25) is 4.68 Å². The van der Waals surface area contributed by atoms with Crippen LogP contribution in [0.15, 0.2) is 48.7 Å². The molecule has 0 radical (unpaired) electrons. The molecule has 0 aliphatic heterocycles. The number of esters is 1. The normalized spacial score (nSPS) is 10.8. The molecular formula is C20H22N4O3. The first-order valence-electron chi connectivity index (χ1n) is 8.82. The van der Waals surface area contributed by atoms with Crippen molar-refractivity contribution in [3.63, 3.8) is 0 Å². The van der Waals surface area contributed by atoms with Crippen molar-refractivity contribution in [1.29, 1.82) is 0 Å². The van der Waals surface area contributed by atoms with Gasteiger partial charge < -0.3 is 15.4 Å². The number of hydrogen-bond acceptors (Lipinski definition) is 4. The summed E-state index contributed by atoms with van der Waals surface area (Å²) in [5.41, 5.74) is 1.07. The number of nitrogens with one attached hydrogen (secondary N) is 2. The van der Waals surface area contributed by atoms with E-state index in [1.165, 1.54) is 0 Å². The van der Waals surface area contributed by atoms with E-state index in [2.05, 4.69) is 15.7 Å². The van der Waals surface area contributed by atoms with E-state index in [0.717, 1.165) is 10.8 Å². The van der Waals surface area contributed by atoms with Crippen molar-refractivity contribution in [3.8, 4) is 0 Å². The molecule has 1 heterocycles. The summed E-state index contributed by atoms with van der Waals surface area (Å²) in [6, 6.07) is 13.0. The highest BCUT2D eigenvalue weighted by Crippen LogP contribution is 2.23. The number of anilines is 2. The number of ether oxygens (including phenoxy) is 1. The van der Waals surface area contributed by atoms with E-state index in [-0.39, 0.29) is 11.8 Å². The molecule has 3 aromatic rings. The van der Waals surface area contributed by atoms with E-state index in [0.29, 0.717) is 17.9 Å². The van der Waals surface area contributed by atoms with Crippen molar-refractivity contribution >= 4 is 34.1 Å². The molecule has 3 rings (SSSR count). The maximum absolute atomic E-state index is 12.5. The third kappa shape index (κ3) is 4.25. The molecule has 0 saturated carbocycles. The minimum Gasteiger partial charge on any atom is -0.458 e. The zero-order chi connectivity index (χ0) is 19.4. The van der Waals surface area contributed by atoms with Crippen LogP contribution in [0.1, 0.15) is 31.3 Å². The summed E-state index contributed by atoms with van der Waals surface area (Å²) in [4.78, 5) is 24.8. The molecular weight excluding hydrogens is 344 g/mol. The van der Waals surface area contributed by atoms with Gasteiger partial charge in [-0.25, -0.2) is 9.59 Å². The van der Waals surface area contributed by atoms with E-state index in [1.807, 2.05) is 49.4 Å². The zero-order valence-corrected chi connectivity index (χ0v) is 15.5. The third-order valence-corrected chi connectivity index (χ3v) is 3.91. The largest absolute Gasteiger partial charge is 0.458 e. The Morgan fingerprint density at radius 3 is 2.52 bits per heavy atom. The number of carbonyl (C=O) groups is 2. The van der Waals surface area contributed by atoms with Gasteiger partial charge in [0.1, 0.15) is 0 Å². The molecule has 0 aliphatic carbocycles. The van der Waals surface area contributed by atoms with Gasteiger partial charge in [0.2, 0.25) is 0 Å². The average molecular weight is 366 g/mol. The highest BCUT2D eigenvalue weighted by Gasteiger charge is 2.21. The van der Waals surface area contributed by atoms with Crippen molar-refractivity contribution < 1.29 is 14.3 Å². The molecule has 0 aliphatic rings. The van der Waals surface area contributed by atoms with Gasteiger partial charge in [-0.2, -0.15) is 5.10 Å². The zero-order valence-electron chi connectivity index (χ0n) is 15.5. The van der Waals surface area contributed by atoms with Crippen LogP contribution >= 0.6 is 0 Å². The topological polar surface area (TPSA) is 85.2 Å². The first-order valence-corrected chi connectivity index (χ1v) is 8.82. The molecule has 2 aromatic carbocycles. The lowest BCUT2D eigenvalue weighted by atomic mass is 10.1. The van der Waals surface area contributed by atoms with E-state index in [4.69, 9.17) is 4.74 Å². The molecule has 0 unspecified atom stereocenters. The molecule has 7 nitrogen and oxygen atoms in total. The molecule has 1 aromatic heterocycles. The van der Waals surface area contributed by atoms with Crippen molar-refractivity contribution in [2.45, 2.75) is 33.4 Å². The molecule has 0 spiro atoms. The summed E-state index contributed by atoms with van der Waals surface area (Å²) in [5.74, 6) is -0.572. The highest BCUT2D eigenvalue weighted by molar-refractivity contribution is 6.08. The van der Waals surface area contributed by atoms with Gasteiger partial charge >= 0.3 is 12.0 Å². The van der Waals surface area contributed by atoms with Crippen LogP contribution in [-0.4, -0.2) is 27.9 Å². The summed E-state index contributed by atoms with van der Waals surface area (Å²) in [5, 5.41) is 11.7. The van der Waals surface area contributed by atoms with Crippen LogP contribution in [0.25, 0.3) is 10.8 Å². The number of carbonyl (C=O) groups excluding carboxylic acids is 2. The SMILES string of the molecule is CCn1cc(NC(=O)Nc2cccc3ccccc23)c(C(=O)OC(C)C)n1. The molecule has 2 amide bonds. The lowest BCUT2D eigenvalue weighted by molar-refractivity contribution is 0.0371. The second-order valence-electron chi connectivity index (χ2n) is 6.31. The van der Waals surface area contributed by atoms with Gasteiger partial charge in [-0.15, -0.1) is 0 Å². The Morgan fingerprint density at radius 2 is 1.78 bits per heavy atom. The monoisotopic (exact) mass is 366 g/mol. The number of urea groups is 1. The van der Waals surface area contributed by atoms with Gasteiger partial charge in [0, 0.05) is 18.1 Å². The Bertz CT molecular complexity index is 973. The van der Waals surface area contributed by atoms with Gasteiger partial charge in [0.25, 0.3) is 0 Å². The molecule has 7 heteroatoms. The van der Waals surface area contributed by atoms with Crippen LogP contribution in [0.5, 0.6) is 0 Å². The number of aryl methyl sites for hydroxylation is 1. The number of rotatable bonds is 5. The van der Waals surface area contributed by atoms with Crippen LogP contribution in [0, 0.1) is 0 Å². The standard InChI is InChI=1S/C20H22N4O3/c1-4-24-12-17(18(23-24)19(25)27-13(2)3)22-20(26)21-16-11-7-9-14-8-5-6-10-15(14)16/h5-13H,4H2,1-3H3,(H2,21,22,26). The molecule has 0 bridgehead atoms. The number of fused-ring (bicyclic) bond motifs is 1. The Hall–Kier alpha value is -3.35. The van der Waals surface area contributed by atoms with E-state index in [1.54, 1.807) is 24.7 Å². The fourth-order valence-corrected chi connectivity index (χ4v) is 2.71. The van der Waals surface area contributed by atoms with Gasteiger partial charge in [0.05, 0.1) is 17.5 Å². The van der Waals surface area contributed by atoms with Gasteiger partial charge in [-0.1, -0.05) is 36.4 Å². The van der Waals surface area contributed by atoms with E-state index < -0.39 is 12.0 Å². The molecule has 27 heavy (non-hydrogen) atoms. The lowest BCUT2D eigenvalue weighted by Gasteiger charge is -2.10. The summed E-state index contributed by atoms with van der Waals surface area (Å²) in [6.45, 7) is 5.98. The second-order valence-corrected chi connectivity index (χ2v) is 6.31. The maximum Gasteiger partial charge on any atom is 0.361 e. The third-order valence-electron chi connectivity index (χ3n) is 3.91. The van der Waals surface area contributed by atoms with E-state index in [9.17, 15) is 9.59 Å². The first kappa shape index (κ1) is 18.4. The van der Waals surface area contributed by atoms with Crippen LogP contribution < -0.4 is 10.6 Å².